The quantitative estimate of drug-likeness (QED) is 0.0560. The molecular weight excluding hydrogens is 810 g/mol. The maximum absolute atomic E-state index is 14.3. The summed E-state index contributed by atoms with van der Waals surface area (Å²) in [5.41, 5.74) is 5.92. The van der Waals surface area contributed by atoms with E-state index in [1.165, 1.54) is 0 Å². The molecule has 0 saturated heterocycles. The number of anilines is 2. The Morgan fingerprint density at radius 2 is 0.931 bits per heavy atom. The minimum Gasteiger partial charge on any atom is -0.497 e. The van der Waals surface area contributed by atoms with Gasteiger partial charge in [-0.1, -0.05) is 109 Å². The van der Waals surface area contributed by atoms with E-state index in [9.17, 15) is 4.79 Å². The number of hydrogen-bond donors (Lipinski definition) is 0. The number of methoxy groups -OCH3 is 2. The molecule has 0 aliphatic carbocycles. The number of benzene rings is 5. The van der Waals surface area contributed by atoms with Gasteiger partial charge in [0, 0.05) is 43.1 Å². The molecule has 0 aromatic heterocycles. The van der Waals surface area contributed by atoms with Crippen molar-refractivity contribution in [2.45, 2.75) is 46.1 Å². The van der Waals surface area contributed by atoms with E-state index in [0.717, 1.165) is 83.8 Å². The minimum atomic E-state index is -1.64. The highest BCUT2D eigenvalue weighted by Crippen LogP contribution is 2.53. The van der Waals surface area contributed by atoms with E-state index >= 15 is 0 Å². The highest BCUT2D eigenvalue weighted by atomic mass is 35.5. The second kappa shape index (κ2) is 19.0. The molecule has 0 amide bonds. The number of esters is 1. The Kier molecular flexibility index (Phi) is 14.1. The van der Waals surface area contributed by atoms with Crippen LogP contribution in [0.4, 0.5) is 11.4 Å². The van der Waals surface area contributed by atoms with Crippen LogP contribution in [0.15, 0.2) is 109 Å². The summed E-state index contributed by atoms with van der Waals surface area (Å²) in [6, 6.07) is 32.3. The zero-order valence-corrected chi connectivity index (χ0v) is 36.7. The maximum Gasteiger partial charge on any atom is 0.341 e. The Morgan fingerprint density at radius 1 is 0.569 bits per heavy atom. The average molecular weight is 859 g/mol. The summed E-state index contributed by atoms with van der Waals surface area (Å²) in [4.78, 5) is 18.9. The van der Waals surface area contributed by atoms with Gasteiger partial charge in [0.1, 0.15) is 11.5 Å². The van der Waals surface area contributed by atoms with E-state index in [1.54, 1.807) is 14.2 Å². The molecule has 0 saturated carbocycles. The molecule has 58 heavy (non-hydrogen) atoms. The monoisotopic (exact) mass is 856 g/mol. The first-order chi connectivity index (χ1) is 28.0. The predicted octanol–water partition coefficient (Wildman–Crippen LogP) is 13.4. The van der Waals surface area contributed by atoms with Crippen molar-refractivity contribution in [3.63, 3.8) is 0 Å². The van der Waals surface area contributed by atoms with Crippen LogP contribution in [0.5, 0.6) is 11.5 Å². The third kappa shape index (κ3) is 8.72. The number of hydrogen-bond acceptors (Lipinski definition) is 6. The molecule has 0 N–H and O–H groups in total. The van der Waals surface area contributed by atoms with Crippen molar-refractivity contribution in [2.24, 2.45) is 0 Å². The van der Waals surface area contributed by atoms with Gasteiger partial charge in [-0.3, -0.25) is 0 Å². The Bertz CT molecular complexity index is 2170. The number of nitrogens with zero attached hydrogens (tertiary/aromatic N) is 2. The van der Waals surface area contributed by atoms with Crippen LogP contribution < -0.4 is 19.3 Å². The van der Waals surface area contributed by atoms with Gasteiger partial charge in [0.2, 0.25) is 0 Å². The molecule has 0 atom stereocenters. The van der Waals surface area contributed by atoms with Gasteiger partial charge in [-0.15, -0.1) is 0 Å². The average Bonchev–Trinajstić information content (AvgIpc) is 3.55. The molecule has 0 spiro atoms. The molecule has 1 aliphatic rings. The van der Waals surface area contributed by atoms with Crippen LogP contribution in [-0.2, 0) is 10.3 Å². The lowest BCUT2D eigenvalue weighted by Gasteiger charge is -2.28. The summed E-state index contributed by atoms with van der Waals surface area (Å²) >= 11 is 27.5. The summed E-state index contributed by atoms with van der Waals surface area (Å²) in [5, 5.41) is 0.0319. The van der Waals surface area contributed by atoms with Crippen LogP contribution in [0.25, 0.3) is 11.1 Å². The maximum atomic E-state index is 14.3. The Morgan fingerprint density at radius 3 is 1.28 bits per heavy atom. The number of rotatable bonds is 16. The molecule has 5 aromatic carbocycles. The third-order valence-corrected chi connectivity index (χ3v) is 12.3. The van der Waals surface area contributed by atoms with Gasteiger partial charge in [0.05, 0.1) is 39.9 Å². The van der Waals surface area contributed by atoms with Crippen LogP contribution in [0.1, 0.15) is 78.7 Å². The summed E-state index contributed by atoms with van der Waals surface area (Å²) in [6.07, 6.45) is 5.91. The first kappa shape index (κ1) is 43.0. The molecule has 1 aliphatic heterocycles. The number of ether oxygens (including phenoxy) is 3. The Labute approximate surface area is 362 Å². The first-order valence-corrected chi connectivity index (χ1v) is 21.1. The van der Waals surface area contributed by atoms with Crippen molar-refractivity contribution < 1.29 is 19.0 Å². The van der Waals surface area contributed by atoms with Gasteiger partial charge >= 0.3 is 5.97 Å². The lowest BCUT2D eigenvalue weighted by molar-refractivity contribution is 0.0300. The summed E-state index contributed by atoms with van der Waals surface area (Å²) < 4.78 is 17.7. The van der Waals surface area contributed by atoms with Crippen molar-refractivity contribution in [3.05, 3.63) is 163 Å². The zero-order valence-electron chi connectivity index (χ0n) is 33.7. The van der Waals surface area contributed by atoms with E-state index in [4.69, 9.17) is 60.6 Å². The lowest BCUT2D eigenvalue weighted by Crippen LogP contribution is -2.24. The van der Waals surface area contributed by atoms with Gasteiger partial charge in [-0.05, 0) is 121 Å². The molecule has 10 heteroatoms. The van der Waals surface area contributed by atoms with Gasteiger partial charge in [0.15, 0.2) is 5.60 Å². The van der Waals surface area contributed by atoms with Crippen LogP contribution >= 0.6 is 46.4 Å². The van der Waals surface area contributed by atoms with Crippen LogP contribution in [0.2, 0.25) is 20.1 Å². The number of carbonyl (C=O) groups is 1. The summed E-state index contributed by atoms with van der Waals surface area (Å²) in [7, 11) is 3.26. The Balaban J connectivity index is 1.70. The SMILES string of the molecule is CCCN(CC)c1ccc(C(=CC2(C=C(c3ccc(OC)cc3)c3ccc(N(CC)CCC)cc3)OC(=O)c3c(Cl)c(Cl)c(Cl)c(Cl)c32)c2ccc(OC)cc2)cc1. The molecule has 6 rings (SSSR count). The van der Waals surface area contributed by atoms with E-state index in [0.29, 0.717) is 17.1 Å². The van der Waals surface area contributed by atoms with E-state index < -0.39 is 11.6 Å². The van der Waals surface area contributed by atoms with Gasteiger partial charge in [0.25, 0.3) is 0 Å². The van der Waals surface area contributed by atoms with Crippen LogP contribution in [0.3, 0.4) is 0 Å². The second-order valence-electron chi connectivity index (χ2n) is 14.0. The van der Waals surface area contributed by atoms with Crippen molar-refractivity contribution in [1.29, 1.82) is 0 Å². The topological polar surface area (TPSA) is 51.2 Å². The van der Waals surface area contributed by atoms with Gasteiger partial charge in [-0.25, -0.2) is 4.79 Å². The molecule has 0 fully saturated rings. The number of carbonyl (C=O) groups excluding carboxylic acids is 1. The van der Waals surface area contributed by atoms with E-state index in [1.807, 2.05) is 60.7 Å². The van der Waals surface area contributed by atoms with Crippen molar-refractivity contribution in [3.8, 4) is 11.5 Å². The van der Waals surface area contributed by atoms with Crippen molar-refractivity contribution in [2.75, 3.05) is 50.2 Å². The standard InChI is InChI=1S/C48H48Cl4N2O4/c1-7-27-53(9-3)35-19-11-31(12-20-35)39(33-15-23-37(56-5)24-16-33)29-48(42-41(47(55)58-48)43(49)45(51)46(52)44(42)50)30-40(34-17-25-38(57-6)26-18-34)32-13-21-36(22-14-32)54(10-4)28-8-2/h11-26,29-30H,7-10,27-28H2,1-6H3. The lowest BCUT2D eigenvalue weighted by atomic mass is 9.83. The second-order valence-corrected chi connectivity index (χ2v) is 15.5. The molecule has 6 nitrogen and oxygen atoms in total. The predicted molar refractivity (Wildman–Crippen MR) is 243 cm³/mol. The van der Waals surface area contributed by atoms with Crippen LogP contribution in [0, 0.1) is 0 Å². The largest absolute Gasteiger partial charge is 0.497 e. The molecule has 302 valence electrons. The molecule has 5 aromatic rings. The Hall–Kier alpha value is -4.59. The summed E-state index contributed by atoms with van der Waals surface area (Å²) in [5.74, 6) is 0.718. The van der Waals surface area contributed by atoms with Crippen molar-refractivity contribution >= 4 is 74.9 Å². The minimum absolute atomic E-state index is 0.0217. The highest BCUT2D eigenvalue weighted by Gasteiger charge is 2.48. The molecular formula is C48H48Cl4N2O4. The first-order valence-electron chi connectivity index (χ1n) is 19.6. The third-order valence-electron chi connectivity index (χ3n) is 10.5. The molecule has 0 unspecified atom stereocenters. The van der Waals surface area contributed by atoms with E-state index in [-0.39, 0.29) is 25.7 Å². The molecule has 0 bridgehead atoms. The van der Waals surface area contributed by atoms with E-state index in [2.05, 4.69) is 86.0 Å². The van der Waals surface area contributed by atoms with Gasteiger partial charge in [-0.2, -0.15) is 0 Å². The molecule has 1 heterocycles. The normalized spacial score (nSPS) is 15.2. The van der Waals surface area contributed by atoms with Crippen molar-refractivity contribution in [1.82, 2.24) is 0 Å². The summed E-state index contributed by atoms with van der Waals surface area (Å²) in [6.45, 7) is 12.3. The fourth-order valence-electron chi connectivity index (χ4n) is 7.51. The van der Waals surface area contributed by atoms with Gasteiger partial charge < -0.3 is 24.0 Å². The number of halogens is 4. The zero-order chi connectivity index (χ0) is 41.6. The number of cyclic esters (lactones) is 1. The fourth-order valence-corrected chi connectivity index (χ4v) is 8.59. The number of fused-ring (bicyclic) bond motifs is 1. The van der Waals surface area contributed by atoms with Crippen LogP contribution in [-0.4, -0.2) is 46.4 Å². The molecule has 0 radical (unpaired) electrons. The fraction of sp³-hybridized carbons (Fsp3) is 0.271. The smallest absolute Gasteiger partial charge is 0.341 e. The highest BCUT2D eigenvalue weighted by molar-refractivity contribution is 6.53.